The predicted molar refractivity (Wildman–Crippen MR) is 82.8 cm³/mol. The first-order chi connectivity index (χ1) is 9.62. The highest BCUT2D eigenvalue weighted by Gasteiger charge is 2.28. The average molecular weight is 288 g/mol. The Bertz CT molecular complexity index is 564. The lowest BCUT2D eigenvalue weighted by Gasteiger charge is -2.35. The van der Waals surface area contributed by atoms with E-state index in [2.05, 4.69) is 34.3 Å². The Balaban J connectivity index is 1.69. The Hall–Kier alpha value is -1.49. The predicted octanol–water partition coefficient (Wildman–Crippen LogP) is 3.98. The van der Waals surface area contributed by atoms with Gasteiger partial charge in [0.1, 0.15) is 5.69 Å². The zero-order valence-electron chi connectivity index (χ0n) is 12.0. The summed E-state index contributed by atoms with van der Waals surface area (Å²) in [7, 11) is 0. The maximum Gasteiger partial charge on any atom is 0.206 e. The molecule has 2 aromatic rings. The van der Waals surface area contributed by atoms with Crippen LogP contribution in [0.4, 0.5) is 5.13 Å². The van der Waals surface area contributed by atoms with Gasteiger partial charge in [-0.05, 0) is 36.8 Å². The lowest BCUT2D eigenvalue weighted by molar-refractivity contribution is 0.229. The first-order valence-electron chi connectivity index (χ1n) is 7.14. The summed E-state index contributed by atoms with van der Waals surface area (Å²) in [4.78, 5) is 4.31. The third-order valence-corrected chi connectivity index (χ3v) is 4.72. The van der Waals surface area contributed by atoms with Gasteiger partial charge in [-0.3, -0.25) is 4.98 Å². The Morgan fingerprint density at radius 1 is 1.30 bits per heavy atom. The Morgan fingerprint density at radius 3 is 2.95 bits per heavy atom. The summed E-state index contributed by atoms with van der Waals surface area (Å²) in [5.41, 5.74) is 1.33. The summed E-state index contributed by atoms with van der Waals surface area (Å²) in [5, 5.41) is 13.8. The number of nitrogens with zero attached hydrogens (tertiary/aromatic N) is 3. The van der Waals surface area contributed by atoms with Gasteiger partial charge in [0, 0.05) is 12.2 Å². The molecule has 0 aliphatic heterocycles. The summed E-state index contributed by atoms with van der Waals surface area (Å²) in [6.45, 7) is 4.69. The van der Waals surface area contributed by atoms with E-state index in [4.69, 9.17) is 0 Å². The summed E-state index contributed by atoms with van der Waals surface area (Å²) < 4.78 is 0. The van der Waals surface area contributed by atoms with Crippen molar-refractivity contribution < 1.29 is 0 Å². The minimum Gasteiger partial charge on any atom is -0.357 e. The van der Waals surface area contributed by atoms with E-state index in [0.29, 0.717) is 11.5 Å². The highest BCUT2D eigenvalue weighted by Crippen LogP contribution is 2.37. The van der Waals surface area contributed by atoms with E-state index in [1.807, 2.05) is 18.2 Å². The molecule has 3 rings (SSSR count). The quantitative estimate of drug-likeness (QED) is 0.928. The third kappa shape index (κ3) is 3.15. The van der Waals surface area contributed by atoms with Crippen LogP contribution in [-0.2, 0) is 0 Å². The van der Waals surface area contributed by atoms with Crippen LogP contribution in [-0.4, -0.2) is 21.2 Å². The largest absolute Gasteiger partial charge is 0.357 e. The van der Waals surface area contributed by atoms with Gasteiger partial charge in [-0.1, -0.05) is 37.7 Å². The Labute approximate surface area is 123 Å². The van der Waals surface area contributed by atoms with Gasteiger partial charge in [0.15, 0.2) is 5.01 Å². The van der Waals surface area contributed by atoms with Crippen LogP contribution < -0.4 is 5.32 Å². The van der Waals surface area contributed by atoms with Gasteiger partial charge in [0.25, 0.3) is 0 Å². The lowest BCUT2D eigenvalue weighted by Crippen LogP contribution is -2.31. The van der Waals surface area contributed by atoms with E-state index in [0.717, 1.165) is 15.8 Å². The summed E-state index contributed by atoms with van der Waals surface area (Å²) in [6.07, 6.45) is 6.82. The fourth-order valence-electron chi connectivity index (χ4n) is 2.87. The first kappa shape index (κ1) is 13.5. The van der Waals surface area contributed by atoms with E-state index < -0.39 is 0 Å². The van der Waals surface area contributed by atoms with Crippen molar-refractivity contribution in [1.82, 2.24) is 15.2 Å². The number of hydrogen-bond donors (Lipinski definition) is 1. The molecular formula is C15H20N4S. The monoisotopic (exact) mass is 288 g/mol. The maximum absolute atomic E-state index is 4.31. The minimum absolute atomic E-state index is 0.435. The molecule has 5 heteroatoms. The average Bonchev–Trinajstić information content (AvgIpc) is 2.87. The van der Waals surface area contributed by atoms with Gasteiger partial charge in [-0.2, -0.15) is 0 Å². The van der Waals surface area contributed by atoms with Crippen LogP contribution in [0.1, 0.15) is 39.5 Å². The lowest BCUT2D eigenvalue weighted by atomic mass is 9.75. The summed E-state index contributed by atoms with van der Waals surface area (Å²) in [6, 6.07) is 6.37. The second kappa shape index (κ2) is 5.48. The van der Waals surface area contributed by atoms with Gasteiger partial charge >= 0.3 is 0 Å². The first-order valence-corrected chi connectivity index (χ1v) is 7.95. The smallest absolute Gasteiger partial charge is 0.206 e. The standard InChI is InChI=1S/C15H20N4S/c1-15(2)8-5-6-11(10-15)17-14-19-18-13(20-14)12-7-3-4-9-16-12/h3-4,7,9,11H,5-6,8,10H2,1-2H3,(H,17,19). The van der Waals surface area contributed by atoms with E-state index in [1.54, 1.807) is 17.5 Å². The highest BCUT2D eigenvalue weighted by atomic mass is 32.1. The Kier molecular flexibility index (Phi) is 3.70. The fraction of sp³-hybridized carbons (Fsp3) is 0.533. The zero-order chi connectivity index (χ0) is 14.0. The molecule has 1 unspecified atom stereocenters. The molecule has 0 bridgehead atoms. The number of aromatic nitrogens is 3. The van der Waals surface area contributed by atoms with Crippen molar-refractivity contribution in [2.24, 2.45) is 5.41 Å². The van der Waals surface area contributed by atoms with Crippen molar-refractivity contribution in [3.63, 3.8) is 0 Å². The van der Waals surface area contributed by atoms with Crippen LogP contribution in [0.25, 0.3) is 10.7 Å². The van der Waals surface area contributed by atoms with E-state index in [1.165, 1.54) is 25.7 Å². The molecule has 0 radical (unpaired) electrons. The van der Waals surface area contributed by atoms with Gasteiger partial charge in [0.2, 0.25) is 5.13 Å². The maximum atomic E-state index is 4.31. The zero-order valence-corrected chi connectivity index (χ0v) is 12.8. The molecule has 106 valence electrons. The van der Waals surface area contributed by atoms with Crippen molar-refractivity contribution in [3.8, 4) is 10.7 Å². The number of pyridine rings is 1. The molecule has 4 nitrogen and oxygen atoms in total. The molecule has 1 saturated carbocycles. The van der Waals surface area contributed by atoms with Gasteiger partial charge in [-0.15, -0.1) is 10.2 Å². The normalized spacial score (nSPS) is 21.6. The van der Waals surface area contributed by atoms with Gasteiger partial charge in [0.05, 0.1) is 0 Å². The van der Waals surface area contributed by atoms with E-state index >= 15 is 0 Å². The molecule has 1 fully saturated rings. The molecule has 0 spiro atoms. The molecule has 1 atom stereocenters. The topological polar surface area (TPSA) is 50.7 Å². The van der Waals surface area contributed by atoms with Crippen LogP contribution >= 0.6 is 11.3 Å². The number of rotatable bonds is 3. The number of nitrogens with one attached hydrogen (secondary N) is 1. The molecule has 0 saturated heterocycles. The van der Waals surface area contributed by atoms with Crippen LogP contribution in [0, 0.1) is 5.41 Å². The second-order valence-corrected chi connectivity index (χ2v) is 7.21. The second-order valence-electron chi connectivity index (χ2n) is 6.23. The summed E-state index contributed by atoms with van der Waals surface area (Å²) >= 11 is 1.58. The minimum atomic E-state index is 0.435. The molecule has 2 aromatic heterocycles. The molecule has 20 heavy (non-hydrogen) atoms. The summed E-state index contributed by atoms with van der Waals surface area (Å²) in [5.74, 6) is 0. The molecular weight excluding hydrogens is 268 g/mol. The van der Waals surface area contributed by atoms with Crippen molar-refractivity contribution in [2.75, 3.05) is 5.32 Å². The van der Waals surface area contributed by atoms with Gasteiger partial charge in [-0.25, -0.2) is 0 Å². The van der Waals surface area contributed by atoms with Crippen molar-refractivity contribution >= 4 is 16.5 Å². The van der Waals surface area contributed by atoms with Gasteiger partial charge < -0.3 is 5.32 Å². The SMILES string of the molecule is CC1(C)CCCC(Nc2nnc(-c3ccccn3)s2)C1. The number of anilines is 1. The molecule has 1 N–H and O–H groups in total. The molecule has 0 aromatic carbocycles. The third-order valence-electron chi connectivity index (χ3n) is 3.84. The van der Waals surface area contributed by atoms with Crippen molar-refractivity contribution in [1.29, 1.82) is 0 Å². The number of hydrogen-bond acceptors (Lipinski definition) is 5. The molecule has 1 aliphatic carbocycles. The highest BCUT2D eigenvalue weighted by molar-refractivity contribution is 7.18. The van der Waals surface area contributed by atoms with E-state index in [9.17, 15) is 0 Å². The van der Waals surface area contributed by atoms with Crippen LogP contribution in [0.3, 0.4) is 0 Å². The van der Waals surface area contributed by atoms with Crippen molar-refractivity contribution in [2.45, 2.75) is 45.6 Å². The van der Waals surface area contributed by atoms with Crippen molar-refractivity contribution in [3.05, 3.63) is 24.4 Å². The van der Waals surface area contributed by atoms with E-state index in [-0.39, 0.29) is 0 Å². The van der Waals surface area contributed by atoms with Crippen LogP contribution in [0.5, 0.6) is 0 Å². The van der Waals surface area contributed by atoms with Crippen LogP contribution in [0.2, 0.25) is 0 Å². The fourth-order valence-corrected chi connectivity index (χ4v) is 3.67. The molecule has 1 aliphatic rings. The van der Waals surface area contributed by atoms with Crippen LogP contribution in [0.15, 0.2) is 24.4 Å². The molecule has 0 amide bonds. The molecule has 2 heterocycles. The Morgan fingerprint density at radius 2 is 2.20 bits per heavy atom.